The number of nitrogens with two attached hydrogens (primary N) is 1. The van der Waals surface area contributed by atoms with Crippen LogP contribution in [0.3, 0.4) is 0 Å². The van der Waals surface area contributed by atoms with Crippen LogP contribution >= 0.6 is 0 Å². The molecule has 1 fully saturated rings. The summed E-state index contributed by atoms with van der Waals surface area (Å²) in [6.07, 6.45) is 6.89. The van der Waals surface area contributed by atoms with Crippen molar-refractivity contribution < 1.29 is 0 Å². The molecule has 0 amide bonds. The molecule has 0 aromatic carbocycles. The Balaban J connectivity index is 3.01. The topological polar surface area (TPSA) is 29.3 Å². The second-order valence-electron chi connectivity index (χ2n) is 5.40. The van der Waals surface area contributed by atoms with Gasteiger partial charge >= 0.3 is 0 Å². The molecule has 17 heavy (non-hydrogen) atoms. The van der Waals surface area contributed by atoms with Gasteiger partial charge in [-0.1, -0.05) is 31.2 Å². The van der Waals surface area contributed by atoms with Gasteiger partial charge in [-0.05, 0) is 46.0 Å². The van der Waals surface area contributed by atoms with Crippen LogP contribution in [0.2, 0.25) is 5.82 Å². The van der Waals surface area contributed by atoms with E-state index in [-0.39, 0.29) is 5.54 Å². The molecule has 0 spiro atoms. The van der Waals surface area contributed by atoms with E-state index in [4.69, 9.17) is 5.64 Å². The summed E-state index contributed by atoms with van der Waals surface area (Å²) in [7, 11) is 1.81. The van der Waals surface area contributed by atoms with Crippen LogP contribution in [-0.4, -0.2) is 30.4 Å². The summed E-state index contributed by atoms with van der Waals surface area (Å²) >= 11 is 0. The van der Waals surface area contributed by atoms with Crippen molar-refractivity contribution in [1.29, 1.82) is 0 Å². The average molecular weight is 233 g/mol. The van der Waals surface area contributed by atoms with Crippen LogP contribution in [0.1, 0.15) is 40.5 Å². The van der Waals surface area contributed by atoms with Crippen molar-refractivity contribution in [2.24, 2.45) is 5.64 Å². The van der Waals surface area contributed by atoms with Crippen LogP contribution in [-0.2, 0) is 0 Å². The minimum absolute atomic E-state index is 0.00359. The molecule has 1 rings (SSSR count). The van der Waals surface area contributed by atoms with Gasteiger partial charge in [-0.2, -0.15) is 0 Å². The smallest absolute Gasteiger partial charge is 0.207 e. The third kappa shape index (κ3) is 2.83. The molecule has 3 heteroatoms. The van der Waals surface area contributed by atoms with Gasteiger partial charge in [0.1, 0.15) is 0 Å². The molecule has 2 N–H and O–H groups in total. The lowest BCUT2D eigenvalue weighted by Crippen LogP contribution is -2.52. The maximum Gasteiger partial charge on any atom is 0.207 e. The first-order chi connectivity index (χ1) is 7.97. The van der Waals surface area contributed by atoms with Crippen molar-refractivity contribution in [2.75, 3.05) is 6.54 Å². The molecule has 3 unspecified atom stereocenters. The first-order valence-electron chi connectivity index (χ1n) is 6.58. The molecule has 0 bridgehead atoms. The summed E-state index contributed by atoms with van der Waals surface area (Å²) in [4.78, 5) is 2.56. The van der Waals surface area contributed by atoms with Crippen LogP contribution in [0.5, 0.6) is 0 Å². The second-order valence-corrected chi connectivity index (χ2v) is 5.40. The van der Waals surface area contributed by atoms with Gasteiger partial charge in [0.05, 0.1) is 0 Å². The van der Waals surface area contributed by atoms with E-state index in [0.717, 1.165) is 6.54 Å². The molecular formula is C14H26BN2. The molecule has 0 aromatic heterocycles. The number of hydrogen-bond donors (Lipinski definition) is 1. The summed E-state index contributed by atoms with van der Waals surface area (Å²) in [5.41, 5.74) is 7.04. The Kier molecular flexibility index (Phi) is 5.02. The number of likely N-dealkylation sites (tertiary alicyclic amines) is 1. The maximum atomic E-state index is 5.77. The molecule has 2 nitrogen and oxygen atoms in total. The lowest BCUT2D eigenvalue weighted by atomic mass is 9.65. The molecule has 1 aliphatic rings. The Labute approximate surface area is 107 Å². The van der Waals surface area contributed by atoms with E-state index >= 15 is 0 Å². The fourth-order valence-corrected chi connectivity index (χ4v) is 2.90. The molecule has 1 heterocycles. The Morgan fingerprint density at radius 1 is 1.65 bits per heavy atom. The molecular weight excluding hydrogens is 207 g/mol. The summed E-state index contributed by atoms with van der Waals surface area (Å²) in [5, 5.41) is 0. The van der Waals surface area contributed by atoms with Crippen LogP contribution in [0, 0.1) is 0 Å². The fraction of sp³-hybridized carbons (Fsp3) is 0.714. The zero-order valence-corrected chi connectivity index (χ0v) is 11.7. The largest absolute Gasteiger partial charge is 0.374 e. The quantitative estimate of drug-likeness (QED) is 0.584. The van der Waals surface area contributed by atoms with Gasteiger partial charge in [-0.3, -0.25) is 4.90 Å². The highest BCUT2D eigenvalue weighted by Crippen LogP contribution is 2.37. The second kappa shape index (κ2) is 5.88. The predicted molar refractivity (Wildman–Crippen MR) is 77.1 cm³/mol. The SMILES string of the molecule is C=C(C)C1CCCN1C(C)(C=CC)C(C)[B]N. The Bertz CT molecular complexity index is 301. The summed E-state index contributed by atoms with van der Waals surface area (Å²) in [5.74, 6) is 0.332. The van der Waals surface area contributed by atoms with E-state index in [1.54, 1.807) is 0 Å². The summed E-state index contributed by atoms with van der Waals surface area (Å²) < 4.78 is 0. The van der Waals surface area contributed by atoms with E-state index in [9.17, 15) is 0 Å². The molecule has 1 saturated heterocycles. The Morgan fingerprint density at radius 3 is 2.76 bits per heavy atom. The fourth-order valence-electron chi connectivity index (χ4n) is 2.90. The van der Waals surface area contributed by atoms with Crippen molar-refractivity contribution in [3.05, 3.63) is 24.3 Å². The van der Waals surface area contributed by atoms with Gasteiger partial charge in [-0.15, -0.1) is 0 Å². The van der Waals surface area contributed by atoms with E-state index < -0.39 is 0 Å². The van der Waals surface area contributed by atoms with Crippen LogP contribution in [0.15, 0.2) is 24.3 Å². The van der Waals surface area contributed by atoms with E-state index in [1.807, 2.05) is 7.41 Å². The number of allylic oxidation sites excluding steroid dienone is 1. The van der Waals surface area contributed by atoms with Crippen molar-refractivity contribution in [3.63, 3.8) is 0 Å². The molecule has 1 aliphatic heterocycles. The Hall–Kier alpha value is -0.535. The summed E-state index contributed by atoms with van der Waals surface area (Å²) in [6, 6.07) is 0.499. The maximum absolute atomic E-state index is 5.77. The standard InChI is InChI=1S/C14H26BN2/c1-6-9-14(5,12(4)15-16)17-10-7-8-13(17)11(2)3/h6,9,12-13H,2,7-8,10,16H2,1,3-5H3. The van der Waals surface area contributed by atoms with E-state index in [1.165, 1.54) is 18.4 Å². The molecule has 0 saturated carbocycles. The summed E-state index contributed by atoms with van der Waals surface area (Å²) in [6.45, 7) is 14.0. The zero-order valence-electron chi connectivity index (χ0n) is 11.7. The molecule has 0 aromatic rings. The minimum Gasteiger partial charge on any atom is -0.374 e. The molecule has 1 radical (unpaired) electrons. The van der Waals surface area contributed by atoms with Crippen LogP contribution in [0.4, 0.5) is 0 Å². The normalized spacial score (nSPS) is 27.0. The number of nitrogens with zero attached hydrogens (tertiary/aromatic N) is 1. The first kappa shape index (κ1) is 14.5. The minimum atomic E-state index is 0.00359. The van der Waals surface area contributed by atoms with E-state index in [2.05, 4.69) is 51.3 Å². The van der Waals surface area contributed by atoms with Crippen LogP contribution in [0.25, 0.3) is 0 Å². The zero-order chi connectivity index (χ0) is 13.1. The van der Waals surface area contributed by atoms with E-state index in [0.29, 0.717) is 11.9 Å². The van der Waals surface area contributed by atoms with Gasteiger partial charge in [0.25, 0.3) is 0 Å². The van der Waals surface area contributed by atoms with Crippen molar-refractivity contribution in [1.82, 2.24) is 4.90 Å². The highest BCUT2D eigenvalue weighted by atomic mass is 15.2. The molecule has 95 valence electrons. The third-order valence-corrected chi connectivity index (χ3v) is 4.16. The first-order valence-corrected chi connectivity index (χ1v) is 6.58. The Morgan fingerprint density at radius 2 is 2.29 bits per heavy atom. The lowest BCUT2D eigenvalue weighted by molar-refractivity contribution is 0.142. The highest BCUT2D eigenvalue weighted by Gasteiger charge is 2.40. The van der Waals surface area contributed by atoms with Crippen molar-refractivity contribution in [3.8, 4) is 0 Å². The predicted octanol–water partition coefficient (Wildman–Crippen LogP) is 2.75. The number of hydrogen-bond acceptors (Lipinski definition) is 2. The van der Waals surface area contributed by atoms with Gasteiger partial charge in [-0.25, -0.2) is 0 Å². The third-order valence-electron chi connectivity index (χ3n) is 4.16. The van der Waals surface area contributed by atoms with Crippen molar-refractivity contribution >= 4 is 7.41 Å². The number of rotatable bonds is 5. The highest BCUT2D eigenvalue weighted by molar-refractivity contribution is 6.33. The lowest BCUT2D eigenvalue weighted by Gasteiger charge is -2.44. The van der Waals surface area contributed by atoms with Gasteiger partial charge in [0.15, 0.2) is 0 Å². The van der Waals surface area contributed by atoms with Gasteiger partial charge < -0.3 is 5.64 Å². The monoisotopic (exact) mass is 233 g/mol. The van der Waals surface area contributed by atoms with Gasteiger partial charge in [0, 0.05) is 11.6 Å². The van der Waals surface area contributed by atoms with Crippen LogP contribution < -0.4 is 5.64 Å². The van der Waals surface area contributed by atoms with Gasteiger partial charge in [0.2, 0.25) is 7.41 Å². The average Bonchev–Trinajstić information content (AvgIpc) is 2.77. The molecule has 0 aliphatic carbocycles. The van der Waals surface area contributed by atoms with Crippen molar-refractivity contribution in [2.45, 2.75) is 57.9 Å². The molecule has 3 atom stereocenters.